The Hall–Kier alpha value is -2.11. The summed E-state index contributed by atoms with van der Waals surface area (Å²) < 4.78 is 22.7. The van der Waals surface area contributed by atoms with Crippen LogP contribution in [-0.2, 0) is 20.7 Å². The van der Waals surface area contributed by atoms with Crippen LogP contribution < -0.4 is 5.32 Å². The highest BCUT2D eigenvalue weighted by Gasteiger charge is 2.22. The second-order valence-corrected chi connectivity index (χ2v) is 5.95. The zero-order valence-corrected chi connectivity index (χ0v) is 13.3. The van der Waals surface area contributed by atoms with Crippen LogP contribution in [0.5, 0.6) is 0 Å². The van der Waals surface area contributed by atoms with Gasteiger partial charge in [0.2, 0.25) is 0 Å². The van der Waals surface area contributed by atoms with E-state index in [2.05, 4.69) is 10.1 Å². The van der Waals surface area contributed by atoms with Gasteiger partial charge in [0.1, 0.15) is 11.4 Å². The summed E-state index contributed by atoms with van der Waals surface area (Å²) in [5, 5.41) is 2.65. The summed E-state index contributed by atoms with van der Waals surface area (Å²) in [7, 11) is 1.28. The normalized spacial score (nSPS) is 12.4. The van der Waals surface area contributed by atoms with Crippen molar-refractivity contribution < 1.29 is 23.5 Å². The number of carbonyl (C=O) groups excluding carboxylic acids is 2. The first kappa shape index (κ1) is 17.9. The van der Waals surface area contributed by atoms with Crippen molar-refractivity contribution in [3.63, 3.8) is 0 Å². The predicted molar refractivity (Wildman–Crippen MR) is 79.9 cm³/mol. The summed E-state index contributed by atoms with van der Waals surface area (Å²) >= 11 is 0. The maximum Gasteiger partial charge on any atom is 0.407 e. The molecule has 0 unspecified atom stereocenters. The number of nitrogens with one attached hydrogen (secondary N) is 1. The van der Waals surface area contributed by atoms with Crippen molar-refractivity contribution in [3.8, 4) is 0 Å². The van der Waals surface area contributed by atoms with Gasteiger partial charge in [-0.2, -0.15) is 0 Å². The summed E-state index contributed by atoms with van der Waals surface area (Å²) in [4.78, 5) is 23.3. The fraction of sp³-hybridized carbons (Fsp3) is 0.500. The standard InChI is InChI=1S/C16H22FNO4/c1-16(2,3)22-15(20)18-13(10-14(19)21-4)9-11-5-7-12(17)8-6-11/h5-8,13H,9-10H2,1-4H3,(H,18,20)/t13-/m1/s1. The number of methoxy groups -OCH3 is 1. The first-order chi connectivity index (χ1) is 10.2. The molecule has 1 aromatic carbocycles. The minimum atomic E-state index is -0.629. The first-order valence-electron chi connectivity index (χ1n) is 7.00. The van der Waals surface area contributed by atoms with Crippen LogP contribution in [0.2, 0.25) is 0 Å². The molecule has 22 heavy (non-hydrogen) atoms. The third-order valence-corrected chi connectivity index (χ3v) is 2.76. The van der Waals surface area contributed by atoms with Crippen molar-refractivity contribution in [2.75, 3.05) is 7.11 Å². The molecule has 5 nitrogen and oxygen atoms in total. The van der Waals surface area contributed by atoms with E-state index in [1.807, 2.05) is 0 Å². The number of amides is 1. The molecule has 1 rings (SSSR count). The lowest BCUT2D eigenvalue weighted by atomic mass is 10.0. The average molecular weight is 311 g/mol. The number of carbonyl (C=O) groups is 2. The molecule has 1 amide bonds. The zero-order chi connectivity index (χ0) is 16.8. The molecule has 122 valence electrons. The minimum absolute atomic E-state index is 0.00706. The van der Waals surface area contributed by atoms with Gasteiger partial charge < -0.3 is 14.8 Å². The molecular formula is C16H22FNO4. The molecule has 1 aromatic rings. The number of hydrogen-bond acceptors (Lipinski definition) is 4. The van der Waals surface area contributed by atoms with Crippen molar-refractivity contribution >= 4 is 12.1 Å². The number of rotatable bonds is 5. The van der Waals surface area contributed by atoms with Crippen molar-refractivity contribution in [3.05, 3.63) is 35.6 Å². The molecule has 1 N–H and O–H groups in total. The Labute approximate surface area is 129 Å². The zero-order valence-electron chi connectivity index (χ0n) is 13.3. The fourth-order valence-electron chi connectivity index (χ4n) is 1.84. The van der Waals surface area contributed by atoms with E-state index in [1.54, 1.807) is 32.9 Å². The van der Waals surface area contributed by atoms with Gasteiger partial charge in [-0.25, -0.2) is 9.18 Å². The number of hydrogen-bond donors (Lipinski definition) is 1. The van der Waals surface area contributed by atoms with Crippen molar-refractivity contribution in [2.24, 2.45) is 0 Å². The molecule has 6 heteroatoms. The molecule has 0 radical (unpaired) electrons. The molecule has 0 aliphatic rings. The molecule has 0 aromatic heterocycles. The Morgan fingerprint density at radius 1 is 1.23 bits per heavy atom. The van der Waals surface area contributed by atoms with Gasteiger partial charge in [0, 0.05) is 6.04 Å². The lowest BCUT2D eigenvalue weighted by Crippen LogP contribution is -2.41. The Kier molecular flexibility index (Phi) is 6.34. The van der Waals surface area contributed by atoms with Crippen molar-refractivity contribution in [2.45, 2.75) is 45.3 Å². The Balaban J connectivity index is 2.73. The second kappa shape index (κ2) is 7.77. The lowest BCUT2D eigenvalue weighted by molar-refractivity contribution is -0.141. The highest BCUT2D eigenvalue weighted by molar-refractivity contribution is 5.72. The monoisotopic (exact) mass is 311 g/mol. The van der Waals surface area contributed by atoms with E-state index in [4.69, 9.17) is 4.74 Å². The third kappa shape index (κ3) is 7.06. The van der Waals surface area contributed by atoms with Gasteiger partial charge in [0.25, 0.3) is 0 Å². The van der Waals surface area contributed by atoms with E-state index >= 15 is 0 Å². The molecule has 0 heterocycles. The maximum atomic E-state index is 12.9. The van der Waals surface area contributed by atoms with E-state index in [9.17, 15) is 14.0 Å². The van der Waals surface area contributed by atoms with Gasteiger partial charge in [-0.15, -0.1) is 0 Å². The highest BCUT2D eigenvalue weighted by atomic mass is 19.1. The topological polar surface area (TPSA) is 64.6 Å². The SMILES string of the molecule is COC(=O)C[C@@H](Cc1ccc(F)cc1)NC(=O)OC(C)(C)C. The summed E-state index contributed by atoms with van der Waals surface area (Å²) in [5.41, 5.74) is 0.168. The molecule has 0 saturated heterocycles. The van der Waals surface area contributed by atoms with Crippen LogP contribution in [-0.4, -0.2) is 30.8 Å². The fourth-order valence-corrected chi connectivity index (χ4v) is 1.84. The van der Waals surface area contributed by atoms with E-state index in [-0.39, 0.29) is 12.2 Å². The Morgan fingerprint density at radius 3 is 2.32 bits per heavy atom. The van der Waals surface area contributed by atoms with Crippen LogP contribution in [0.25, 0.3) is 0 Å². The van der Waals surface area contributed by atoms with E-state index < -0.39 is 23.7 Å². The molecule has 0 fully saturated rings. The highest BCUT2D eigenvalue weighted by Crippen LogP contribution is 2.11. The number of esters is 1. The summed E-state index contributed by atoms with van der Waals surface area (Å²) in [6.07, 6.45) is -0.231. The lowest BCUT2D eigenvalue weighted by Gasteiger charge is -2.23. The Morgan fingerprint density at radius 2 is 1.82 bits per heavy atom. The molecule has 0 saturated carbocycles. The van der Waals surface area contributed by atoms with Crippen LogP contribution in [0, 0.1) is 5.82 Å². The maximum absolute atomic E-state index is 12.9. The molecule has 0 aliphatic carbocycles. The van der Waals surface area contributed by atoms with Crippen LogP contribution in [0.3, 0.4) is 0 Å². The van der Waals surface area contributed by atoms with Crippen molar-refractivity contribution in [1.82, 2.24) is 5.32 Å². The minimum Gasteiger partial charge on any atom is -0.469 e. The van der Waals surface area contributed by atoms with E-state index in [0.717, 1.165) is 5.56 Å². The summed E-state index contributed by atoms with van der Waals surface area (Å²) in [5.74, 6) is -0.781. The van der Waals surface area contributed by atoms with Crippen molar-refractivity contribution in [1.29, 1.82) is 0 Å². The van der Waals surface area contributed by atoms with Gasteiger partial charge in [0.15, 0.2) is 0 Å². The van der Waals surface area contributed by atoms with Gasteiger partial charge >= 0.3 is 12.1 Å². The predicted octanol–water partition coefficient (Wildman–Crippen LogP) is 2.82. The van der Waals surface area contributed by atoms with Crippen LogP contribution in [0.4, 0.5) is 9.18 Å². The number of benzene rings is 1. The van der Waals surface area contributed by atoms with Crippen LogP contribution in [0.15, 0.2) is 24.3 Å². The van der Waals surface area contributed by atoms with Gasteiger partial charge in [-0.1, -0.05) is 12.1 Å². The number of halogens is 1. The molecule has 0 aliphatic heterocycles. The average Bonchev–Trinajstić information content (AvgIpc) is 2.38. The molecule has 1 atom stereocenters. The molecule has 0 spiro atoms. The smallest absolute Gasteiger partial charge is 0.407 e. The quantitative estimate of drug-likeness (QED) is 0.849. The summed E-state index contributed by atoms with van der Waals surface area (Å²) in [6, 6.07) is 5.38. The second-order valence-electron chi connectivity index (χ2n) is 5.95. The van der Waals surface area contributed by atoms with Gasteiger partial charge in [-0.05, 0) is 44.9 Å². The molecular weight excluding hydrogens is 289 g/mol. The van der Waals surface area contributed by atoms with Crippen LogP contribution in [0.1, 0.15) is 32.8 Å². The van der Waals surface area contributed by atoms with E-state index in [1.165, 1.54) is 19.2 Å². The summed E-state index contributed by atoms with van der Waals surface area (Å²) in [6.45, 7) is 5.26. The number of ether oxygens (including phenoxy) is 2. The van der Waals surface area contributed by atoms with Gasteiger partial charge in [0.05, 0.1) is 13.5 Å². The van der Waals surface area contributed by atoms with E-state index in [0.29, 0.717) is 6.42 Å². The molecule has 0 bridgehead atoms. The van der Waals surface area contributed by atoms with Gasteiger partial charge in [-0.3, -0.25) is 4.79 Å². The largest absolute Gasteiger partial charge is 0.469 e. The number of alkyl carbamates (subject to hydrolysis) is 1. The van der Waals surface area contributed by atoms with Crippen LogP contribution >= 0.6 is 0 Å². The third-order valence-electron chi connectivity index (χ3n) is 2.76. The Bertz CT molecular complexity index is 508. The first-order valence-corrected chi connectivity index (χ1v) is 7.00.